The summed E-state index contributed by atoms with van der Waals surface area (Å²) in [4.78, 5) is 13.8. The minimum Gasteiger partial charge on any atom is -0.444 e. The maximum atomic E-state index is 12.0. The highest BCUT2D eigenvalue weighted by Gasteiger charge is 2.27. The lowest BCUT2D eigenvalue weighted by Crippen LogP contribution is -2.42. The molecule has 1 N–H and O–H groups in total. The highest BCUT2D eigenvalue weighted by molar-refractivity contribution is 5.85. The Labute approximate surface area is 134 Å². The van der Waals surface area contributed by atoms with Gasteiger partial charge in [-0.1, -0.05) is 11.6 Å². The van der Waals surface area contributed by atoms with E-state index in [2.05, 4.69) is 6.92 Å². The first-order valence-electron chi connectivity index (χ1n) is 7.88. The summed E-state index contributed by atoms with van der Waals surface area (Å²) in [6, 6.07) is 0. The van der Waals surface area contributed by atoms with Crippen LogP contribution in [0.5, 0.6) is 0 Å². The van der Waals surface area contributed by atoms with Crippen LogP contribution in [0.4, 0.5) is 4.79 Å². The van der Waals surface area contributed by atoms with E-state index in [1.54, 1.807) is 18.9 Å². The Morgan fingerprint density at radius 3 is 2.23 bits per heavy atom. The van der Waals surface area contributed by atoms with Crippen LogP contribution in [0.25, 0.3) is 0 Å². The molecule has 5 nitrogen and oxygen atoms in total. The third-order valence-electron chi connectivity index (χ3n) is 3.89. The number of piperidine rings is 1. The molecular weight excluding hydrogens is 280 g/mol. The number of rotatable bonds is 4. The molecule has 1 rings (SSSR count). The number of carbonyl (C=O) groups excluding carboxylic acids is 1. The number of carbonyl (C=O) groups is 1. The topological polar surface area (TPSA) is 62.6 Å². The molecule has 1 heterocycles. The summed E-state index contributed by atoms with van der Waals surface area (Å²) in [5, 5.41) is 7.69. The Bertz CT molecular complexity index is 430. The van der Waals surface area contributed by atoms with Crippen LogP contribution < -0.4 is 0 Å². The number of hydrogen-bond donors (Lipinski definition) is 1. The zero-order valence-corrected chi connectivity index (χ0v) is 14.7. The van der Waals surface area contributed by atoms with E-state index >= 15 is 0 Å². The third-order valence-corrected chi connectivity index (χ3v) is 3.89. The molecule has 1 atom stereocenters. The molecule has 1 unspecified atom stereocenters. The van der Waals surface area contributed by atoms with Crippen molar-refractivity contribution in [2.24, 2.45) is 5.92 Å². The van der Waals surface area contributed by atoms with Crippen LogP contribution in [-0.4, -0.2) is 48.6 Å². The van der Waals surface area contributed by atoms with E-state index in [4.69, 9.17) is 14.9 Å². The van der Waals surface area contributed by atoms with Crippen molar-refractivity contribution in [1.29, 1.82) is 5.41 Å². The van der Waals surface area contributed by atoms with Crippen LogP contribution in [0.1, 0.15) is 47.5 Å². The quantitative estimate of drug-likeness (QED) is 0.637. The molecule has 0 aromatic rings. The standard InChI is InChI=1S/C17H30N2O3/c1-12(11-15(21-6)13(2)18)14-7-9-19(10-8-14)16(20)22-17(3,4)5/h11,14-15,18H,7-10H2,1-6H3/b12-11+,18-13?. The van der Waals surface area contributed by atoms with Gasteiger partial charge in [-0.15, -0.1) is 0 Å². The predicted molar refractivity (Wildman–Crippen MR) is 88.5 cm³/mol. The van der Waals surface area contributed by atoms with E-state index in [1.165, 1.54) is 5.57 Å². The fourth-order valence-electron chi connectivity index (χ4n) is 2.59. The van der Waals surface area contributed by atoms with Gasteiger partial charge in [0.2, 0.25) is 0 Å². The molecule has 0 spiro atoms. The van der Waals surface area contributed by atoms with Gasteiger partial charge in [0.25, 0.3) is 0 Å². The largest absolute Gasteiger partial charge is 0.444 e. The summed E-state index contributed by atoms with van der Waals surface area (Å²) >= 11 is 0. The summed E-state index contributed by atoms with van der Waals surface area (Å²) in [6.07, 6.45) is 3.40. The number of amides is 1. The molecule has 22 heavy (non-hydrogen) atoms. The van der Waals surface area contributed by atoms with Crippen molar-refractivity contribution in [1.82, 2.24) is 4.90 Å². The first-order valence-corrected chi connectivity index (χ1v) is 7.88. The Hall–Kier alpha value is -1.36. The molecule has 126 valence electrons. The molecule has 0 aromatic heterocycles. The predicted octanol–water partition coefficient (Wildman–Crippen LogP) is 3.63. The Morgan fingerprint density at radius 1 is 1.27 bits per heavy atom. The van der Waals surface area contributed by atoms with E-state index in [1.807, 2.05) is 26.8 Å². The zero-order valence-electron chi connectivity index (χ0n) is 14.7. The van der Waals surface area contributed by atoms with E-state index in [0.29, 0.717) is 24.7 Å². The van der Waals surface area contributed by atoms with E-state index in [9.17, 15) is 4.79 Å². The van der Waals surface area contributed by atoms with Gasteiger partial charge in [0.1, 0.15) is 11.7 Å². The summed E-state index contributed by atoms with van der Waals surface area (Å²) in [6.45, 7) is 10.9. The zero-order chi connectivity index (χ0) is 16.9. The molecule has 0 saturated carbocycles. The van der Waals surface area contributed by atoms with Crippen molar-refractivity contribution in [2.45, 2.75) is 59.2 Å². The fraction of sp³-hybridized carbons (Fsp3) is 0.765. The Kier molecular flexibility index (Phi) is 6.60. The minimum absolute atomic E-state index is 0.224. The number of hydrogen-bond acceptors (Lipinski definition) is 4. The van der Waals surface area contributed by atoms with Gasteiger partial charge in [0, 0.05) is 25.9 Å². The first kappa shape index (κ1) is 18.7. The molecule has 1 aliphatic heterocycles. The highest BCUT2D eigenvalue weighted by Crippen LogP contribution is 2.26. The molecule has 1 aliphatic rings. The number of nitrogens with one attached hydrogen (secondary N) is 1. The van der Waals surface area contributed by atoms with Crippen LogP contribution in [-0.2, 0) is 9.47 Å². The van der Waals surface area contributed by atoms with Crippen molar-refractivity contribution < 1.29 is 14.3 Å². The maximum absolute atomic E-state index is 12.0. The van der Waals surface area contributed by atoms with Crippen LogP contribution in [0, 0.1) is 11.3 Å². The van der Waals surface area contributed by atoms with Crippen LogP contribution >= 0.6 is 0 Å². The number of nitrogens with zero attached hydrogens (tertiary/aromatic N) is 1. The average Bonchev–Trinajstić information content (AvgIpc) is 2.42. The average molecular weight is 310 g/mol. The van der Waals surface area contributed by atoms with Gasteiger partial charge in [-0.3, -0.25) is 0 Å². The summed E-state index contributed by atoms with van der Waals surface area (Å²) in [7, 11) is 1.62. The molecule has 0 aliphatic carbocycles. The molecule has 1 saturated heterocycles. The molecule has 0 radical (unpaired) electrons. The summed E-state index contributed by atoms with van der Waals surface area (Å²) in [5.74, 6) is 0.440. The van der Waals surface area contributed by atoms with Gasteiger partial charge in [-0.25, -0.2) is 4.79 Å². The second-order valence-electron chi connectivity index (χ2n) is 6.99. The Morgan fingerprint density at radius 2 is 1.82 bits per heavy atom. The Balaban J connectivity index is 2.56. The van der Waals surface area contributed by atoms with Gasteiger partial charge >= 0.3 is 6.09 Å². The molecule has 0 bridgehead atoms. The molecule has 1 amide bonds. The molecular formula is C17H30N2O3. The lowest BCUT2D eigenvalue weighted by atomic mass is 9.89. The van der Waals surface area contributed by atoms with Crippen molar-refractivity contribution in [3.63, 3.8) is 0 Å². The van der Waals surface area contributed by atoms with Gasteiger partial charge in [0.05, 0.1) is 0 Å². The van der Waals surface area contributed by atoms with E-state index in [-0.39, 0.29) is 12.2 Å². The molecule has 0 aromatic carbocycles. The van der Waals surface area contributed by atoms with Crippen molar-refractivity contribution in [2.75, 3.05) is 20.2 Å². The number of likely N-dealkylation sites (tertiary alicyclic amines) is 1. The van der Waals surface area contributed by atoms with Crippen molar-refractivity contribution in [3.8, 4) is 0 Å². The fourth-order valence-corrected chi connectivity index (χ4v) is 2.59. The second kappa shape index (κ2) is 7.77. The normalized spacial score (nSPS) is 19.0. The minimum atomic E-state index is -0.447. The van der Waals surface area contributed by atoms with Crippen molar-refractivity contribution in [3.05, 3.63) is 11.6 Å². The van der Waals surface area contributed by atoms with E-state index < -0.39 is 5.60 Å². The summed E-state index contributed by atoms with van der Waals surface area (Å²) in [5.41, 5.74) is 1.30. The maximum Gasteiger partial charge on any atom is 0.410 e. The molecule has 5 heteroatoms. The second-order valence-corrected chi connectivity index (χ2v) is 6.99. The number of methoxy groups -OCH3 is 1. The lowest BCUT2D eigenvalue weighted by Gasteiger charge is -2.34. The monoisotopic (exact) mass is 310 g/mol. The van der Waals surface area contributed by atoms with E-state index in [0.717, 1.165) is 12.8 Å². The van der Waals surface area contributed by atoms with Crippen LogP contribution in [0.15, 0.2) is 11.6 Å². The van der Waals surface area contributed by atoms with Gasteiger partial charge in [-0.2, -0.15) is 0 Å². The van der Waals surface area contributed by atoms with Gasteiger partial charge < -0.3 is 19.8 Å². The van der Waals surface area contributed by atoms with Crippen LogP contribution in [0.3, 0.4) is 0 Å². The number of ether oxygens (including phenoxy) is 2. The lowest BCUT2D eigenvalue weighted by molar-refractivity contribution is 0.0194. The molecule has 1 fully saturated rings. The van der Waals surface area contributed by atoms with Gasteiger partial charge in [-0.05, 0) is 53.4 Å². The van der Waals surface area contributed by atoms with Gasteiger partial charge in [0.15, 0.2) is 0 Å². The smallest absolute Gasteiger partial charge is 0.410 e. The third kappa shape index (κ3) is 5.79. The first-order chi connectivity index (χ1) is 10.1. The van der Waals surface area contributed by atoms with Crippen molar-refractivity contribution >= 4 is 11.8 Å². The SMILES string of the molecule is COC(/C=C(\C)C1CCN(C(=O)OC(C)(C)C)CC1)C(C)=N. The van der Waals surface area contributed by atoms with Crippen LogP contribution in [0.2, 0.25) is 0 Å². The summed E-state index contributed by atoms with van der Waals surface area (Å²) < 4.78 is 10.7. The highest BCUT2D eigenvalue weighted by atomic mass is 16.6. The number of allylic oxidation sites excluding steroid dienone is 1.